The van der Waals surface area contributed by atoms with Crippen molar-refractivity contribution < 1.29 is 9.53 Å². The third-order valence-electron chi connectivity index (χ3n) is 4.33. The Bertz CT molecular complexity index is 754. The summed E-state index contributed by atoms with van der Waals surface area (Å²) in [5.74, 6) is 1.36. The Hall–Kier alpha value is -1.86. The first kappa shape index (κ1) is 17.9. The van der Waals surface area contributed by atoms with Gasteiger partial charge in [0.2, 0.25) is 5.95 Å². The standard InChI is InChI=1S/C18H24N4O2S/c1-4-22-17(21-7-9-24-10-8-21)19-20-18(22)25-12-16(23)15-11-13(2)5-6-14(15)3/h5-6,11H,4,7-10,12H2,1-3H3. The Morgan fingerprint density at radius 1 is 1.24 bits per heavy atom. The van der Waals surface area contributed by atoms with Crippen molar-refractivity contribution in [2.75, 3.05) is 37.0 Å². The number of anilines is 1. The maximum atomic E-state index is 12.6. The van der Waals surface area contributed by atoms with Crippen LogP contribution in [-0.4, -0.2) is 52.6 Å². The van der Waals surface area contributed by atoms with Gasteiger partial charge in [-0.15, -0.1) is 10.2 Å². The van der Waals surface area contributed by atoms with E-state index in [2.05, 4.69) is 26.6 Å². The summed E-state index contributed by atoms with van der Waals surface area (Å²) < 4.78 is 7.48. The van der Waals surface area contributed by atoms with Crippen molar-refractivity contribution in [3.63, 3.8) is 0 Å². The van der Waals surface area contributed by atoms with Crippen molar-refractivity contribution in [3.8, 4) is 0 Å². The minimum absolute atomic E-state index is 0.129. The molecule has 0 bridgehead atoms. The molecule has 0 N–H and O–H groups in total. The van der Waals surface area contributed by atoms with Gasteiger partial charge in [0, 0.05) is 25.2 Å². The molecule has 1 aliphatic rings. The third-order valence-corrected chi connectivity index (χ3v) is 5.30. The largest absolute Gasteiger partial charge is 0.378 e. The number of carbonyl (C=O) groups excluding carboxylic acids is 1. The Morgan fingerprint density at radius 3 is 2.72 bits per heavy atom. The highest BCUT2D eigenvalue weighted by atomic mass is 32.2. The van der Waals surface area contributed by atoms with Crippen LogP contribution in [0.25, 0.3) is 0 Å². The Kier molecular flexibility index (Phi) is 5.75. The molecule has 0 radical (unpaired) electrons. The molecule has 1 aromatic carbocycles. The summed E-state index contributed by atoms with van der Waals surface area (Å²) in [6.45, 7) is 9.90. The van der Waals surface area contributed by atoms with Crippen LogP contribution in [0.5, 0.6) is 0 Å². The molecule has 0 saturated carbocycles. The summed E-state index contributed by atoms with van der Waals surface area (Å²) >= 11 is 1.46. The fourth-order valence-corrected chi connectivity index (χ4v) is 3.79. The number of morpholine rings is 1. The van der Waals surface area contributed by atoms with Crippen LogP contribution in [0.15, 0.2) is 23.4 Å². The van der Waals surface area contributed by atoms with E-state index >= 15 is 0 Å². The molecule has 0 spiro atoms. The van der Waals surface area contributed by atoms with Crippen molar-refractivity contribution in [3.05, 3.63) is 34.9 Å². The second-order valence-corrected chi connectivity index (χ2v) is 7.10. The summed E-state index contributed by atoms with van der Waals surface area (Å²) in [5.41, 5.74) is 2.91. The SMILES string of the molecule is CCn1c(SCC(=O)c2cc(C)ccc2C)nnc1N1CCOCC1. The van der Waals surface area contributed by atoms with Crippen LogP contribution >= 0.6 is 11.8 Å². The summed E-state index contributed by atoms with van der Waals surface area (Å²) in [5, 5.41) is 9.45. The number of aromatic nitrogens is 3. The Labute approximate surface area is 152 Å². The molecule has 7 heteroatoms. The van der Waals surface area contributed by atoms with Gasteiger partial charge in [-0.3, -0.25) is 9.36 Å². The number of ether oxygens (including phenoxy) is 1. The molecule has 0 unspecified atom stereocenters. The second-order valence-electron chi connectivity index (χ2n) is 6.16. The van der Waals surface area contributed by atoms with Crippen molar-refractivity contribution in [1.29, 1.82) is 0 Å². The van der Waals surface area contributed by atoms with Crippen molar-refractivity contribution in [2.45, 2.75) is 32.5 Å². The maximum absolute atomic E-state index is 12.6. The number of thioether (sulfide) groups is 1. The highest BCUT2D eigenvalue weighted by molar-refractivity contribution is 7.99. The Balaban J connectivity index is 1.71. The van der Waals surface area contributed by atoms with Gasteiger partial charge >= 0.3 is 0 Å². The van der Waals surface area contributed by atoms with Crippen LogP contribution < -0.4 is 4.90 Å². The zero-order valence-electron chi connectivity index (χ0n) is 15.0. The van der Waals surface area contributed by atoms with Gasteiger partial charge < -0.3 is 9.64 Å². The van der Waals surface area contributed by atoms with E-state index in [1.807, 2.05) is 32.0 Å². The molecule has 25 heavy (non-hydrogen) atoms. The lowest BCUT2D eigenvalue weighted by molar-refractivity contribution is 0.102. The monoisotopic (exact) mass is 360 g/mol. The number of hydrogen-bond donors (Lipinski definition) is 0. The maximum Gasteiger partial charge on any atom is 0.228 e. The van der Waals surface area contributed by atoms with Gasteiger partial charge in [0.05, 0.1) is 19.0 Å². The van der Waals surface area contributed by atoms with Gasteiger partial charge in [0.25, 0.3) is 0 Å². The molecule has 6 nitrogen and oxygen atoms in total. The van der Waals surface area contributed by atoms with Crippen LogP contribution in [0.1, 0.15) is 28.4 Å². The number of carbonyl (C=O) groups is 1. The molecular formula is C18H24N4O2S. The molecule has 134 valence electrons. The van der Waals surface area contributed by atoms with Crippen LogP contribution in [0.3, 0.4) is 0 Å². The van der Waals surface area contributed by atoms with Crippen LogP contribution in [0, 0.1) is 13.8 Å². The minimum atomic E-state index is 0.129. The number of nitrogens with zero attached hydrogens (tertiary/aromatic N) is 4. The number of Topliss-reactive ketones (excluding diaryl/α,β-unsaturated/α-hetero) is 1. The summed E-state index contributed by atoms with van der Waals surface area (Å²) in [7, 11) is 0. The fraction of sp³-hybridized carbons (Fsp3) is 0.500. The van der Waals surface area contributed by atoms with E-state index in [0.29, 0.717) is 19.0 Å². The highest BCUT2D eigenvalue weighted by Gasteiger charge is 2.20. The van der Waals surface area contributed by atoms with Crippen molar-refractivity contribution in [1.82, 2.24) is 14.8 Å². The summed E-state index contributed by atoms with van der Waals surface area (Å²) in [6.07, 6.45) is 0. The molecule has 2 aromatic rings. The van der Waals surface area contributed by atoms with Crippen LogP contribution in [0.2, 0.25) is 0 Å². The number of aryl methyl sites for hydroxylation is 2. The Morgan fingerprint density at radius 2 is 2.00 bits per heavy atom. The lowest BCUT2D eigenvalue weighted by Gasteiger charge is -2.27. The van der Waals surface area contributed by atoms with Gasteiger partial charge in [-0.25, -0.2) is 0 Å². The normalized spacial score (nSPS) is 14.8. The first-order valence-electron chi connectivity index (χ1n) is 8.59. The number of hydrogen-bond acceptors (Lipinski definition) is 6. The van der Waals surface area contributed by atoms with E-state index in [-0.39, 0.29) is 5.78 Å². The van der Waals surface area contributed by atoms with Crippen LogP contribution in [0.4, 0.5) is 5.95 Å². The quantitative estimate of drug-likeness (QED) is 0.583. The van der Waals surface area contributed by atoms with E-state index in [1.54, 1.807) is 0 Å². The van der Waals surface area contributed by atoms with Crippen molar-refractivity contribution in [2.24, 2.45) is 0 Å². The number of benzene rings is 1. The molecule has 0 amide bonds. The lowest BCUT2D eigenvalue weighted by atomic mass is 10.0. The van der Waals surface area contributed by atoms with Gasteiger partial charge in [0.15, 0.2) is 10.9 Å². The number of ketones is 1. The van der Waals surface area contributed by atoms with Crippen molar-refractivity contribution >= 4 is 23.5 Å². The summed E-state index contributed by atoms with van der Waals surface area (Å²) in [6, 6.07) is 5.99. The topological polar surface area (TPSA) is 60.2 Å². The molecule has 0 aliphatic carbocycles. The molecule has 0 atom stereocenters. The van der Waals surface area contributed by atoms with Gasteiger partial charge in [-0.05, 0) is 32.4 Å². The smallest absolute Gasteiger partial charge is 0.228 e. The van der Waals surface area contributed by atoms with Crippen LogP contribution in [-0.2, 0) is 11.3 Å². The van der Waals surface area contributed by atoms with E-state index in [1.165, 1.54) is 11.8 Å². The molecule has 1 aromatic heterocycles. The molecule has 1 fully saturated rings. The minimum Gasteiger partial charge on any atom is -0.378 e. The molecule has 3 rings (SSSR count). The highest BCUT2D eigenvalue weighted by Crippen LogP contribution is 2.24. The fourth-order valence-electron chi connectivity index (χ4n) is 2.91. The van der Waals surface area contributed by atoms with E-state index in [0.717, 1.165) is 47.4 Å². The zero-order chi connectivity index (χ0) is 17.8. The average Bonchev–Trinajstić information content (AvgIpc) is 3.05. The average molecular weight is 360 g/mol. The first-order valence-corrected chi connectivity index (χ1v) is 9.58. The molecule has 2 heterocycles. The second kappa shape index (κ2) is 8.01. The van der Waals surface area contributed by atoms with Gasteiger partial charge in [0.1, 0.15) is 0 Å². The first-order chi connectivity index (χ1) is 12.1. The summed E-state index contributed by atoms with van der Waals surface area (Å²) in [4.78, 5) is 14.8. The van der Waals surface area contributed by atoms with Gasteiger partial charge in [-0.2, -0.15) is 0 Å². The number of rotatable bonds is 6. The predicted molar refractivity (Wildman–Crippen MR) is 99.7 cm³/mol. The third kappa shape index (κ3) is 4.04. The lowest BCUT2D eigenvalue weighted by Crippen LogP contribution is -2.38. The zero-order valence-corrected chi connectivity index (χ0v) is 15.8. The van der Waals surface area contributed by atoms with E-state index in [4.69, 9.17) is 4.74 Å². The molecule has 1 aliphatic heterocycles. The molecule has 1 saturated heterocycles. The predicted octanol–water partition coefficient (Wildman–Crippen LogP) is 2.73. The van der Waals surface area contributed by atoms with Gasteiger partial charge in [-0.1, -0.05) is 29.5 Å². The van der Waals surface area contributed by atoms with E-state index < -0.39 is 0 Å². The van der Waals surface area contributed by atoms with E-state index in [9.17, 15) is 4.79 Å². The molecular weight excluding hydrogens is 336 g/mol.